The van der Waals surface area contributed by atoms with Crippen molar-refractivity contribution in [1.29, 1.82) is 0 Å². The Kier molecular flexibility index (Phi) is 3.41. The fourth-order valence-corrected chi connectivity index (χ4v) is 2.35. The highest BCUT2D eigenvalue weighted by Gasteiger charge is 2.23. The van der Waals surface area contributed by atoms with Gasteiger partial charge in [-0.3, -0.25) is 9.59 Å². The molecule has 1 aliphatic rings. The summed E-state index contributed by atoms with van der Waals surface area (Å²) in [7, 11) is 0. The zero-order chi connectivity index (χ0) is 13.9. The van der Waals surface area contributed by atoms with Gasteiger partial charge >= 0.3 is 0 Å². The van der Waals surface area contributed by atoms with Crippen molar-refractivity contribution < 1.29 is 9.59 Å². The second-order valence-electron chi connectivity index (χ2n) is 5.13. The Balaban J connectivity index is 1.71. The van der Waals surface area contributed by atoms with Gasteiger partial charge in [0.1, 0.15) is 5.69 Å². The Labute approximate surface area is 116 Å². The Morgan fingerprint density at radius 3 is 2.90 bits per heavy atom. The van der Waals surface area contributed by atoms with Crippen LogP contribution in [0.15, 0.2) is 24.3 Å². The number of nitrogens with one attached hydrogen (secondary N) is 3. The van der Waals surface area contributed by atoms with Crippen molar-refractivity contribution in [2.24, 2.45) is 0 Å². The lowest BCUT2D eigenvalue weighted by molar-refractivity contribution is -0.109. The van der Waals surface area contributed by atoms with Crippen LogP contribution in [-0.2, 0) is 4.79 Å². The molecule has 20 heavy (non-hydrogen) atoms. The van der Waals surface area contributed by atoms with E-state index in [0.29, 0.717) is 31.1 Å². The van der Waals surface area contributed by atoms with Crippen LogP contribution in [0.2, 0.25) is 0 Å². The van der Waals surface area contributed by atoms with E-state index in [9.17, 15) is 9.59 Å². The molecule has 2 amide bonds. The van der Waals surface area contributed by atoms with Crippen molar-refractivity contribution in [2.45, 2.75) is 18.8 Å². The lowest BCUT2D eigenvalue weighted by atomic mass is 10.1. The Bertz CT molecular complexity index is 644. The summed E-state index contributed by atoms with van der Waals surface area (Å²) in [6, 6.07) is 8.21. The molecular weight excluding hydrogens is 254 g/mol. The van der Waals surface area contributed by atoms with Crippen LogP contribution in [0.5, 0.6) is 0 Å². The molecule has 3 rings (SSSR count). The summed E-state index contributed by atoms with van der Waals surface area (Å²) >= 11 is 0. The first-order valence-electron chi connectivity index (χ1n) is 6.86. The molecule has 0 aliphatic heterocycles. The van der Waals surface area contributed by atoms with Gasteiger partial charge in [0.05, 0.1) is 0 Å². The normalized spacial score (nSPS) is 14.2. The molecule has 0 bridgehead atoms. The van der Waals surface area contributed by atoms with Gasteiger partial charge < -0.3 is 15.6 Å². The minimum absolute atomic E-state index is 0.151. The molecule has 0 spiro atoms. The molecule has 1 saturated carbocycles. The van der Waals surface area contributed by atoms with Crippen LogP contribution in [0.1, 0.15) is 34.8 Å². The molecule has 0 saturated heterocycles. The quantitative estimate of drug-likeness (QED) is 0.550. The van der Waals surface area contributed by atoms with E-state index in [1.54, 1.807) is 0 Å². The predicted octanol–water partition coefficient (Wildman–Crippen LogP) is 1.52. The van der Waals surface area contributed by atoms with Gasteiger partial charge in [-0.25, -0.2) is 0 Å². The van der Waals surface area contributed by atoms with Gasteiger partial charge in [-0.15, -0.1) is 0 Å². The number of amides is 2. The SMILES string of the molecule is O=CNCCNC(=O)c1cc2cc(C3CC3)ccc2[nH]1. The maximum Gasteiger partial charge on any atom is 0.267 e. The first-order chi connectivity index (χ1) is 9.78. The molecule has 0 atom stereocenters. The molecular formula is C15H17N3O2. The van der Waals surface area contributed by atoms with Gasteiger partial charge in [-0.1, -0.05) is 6.07 Å². The molecule has 0 radical (unpaired) electrons. The number of hydrogen-bond donors (Lipinski definition) is 3. The van der Waals surface area contributed by atoms with Crippen LogP contribution in [0, 0.1) is 0 Å². The van der Waals surface area contributed by atoms with Gasteiger partial charge in [0, 0.05) is 24.0 Å². The summed E-state index contributed by atoms with van der Waals surface area (Å²) in [5.41, 5.74) is 2.89. The summed E-state index contributed by atoms with van der Waals surface area (Å²) in [6.45, 7) is 0.849. The van der Waals surface area contributed by atoms with E-state index in [2.05, 4.69) is 27.8 Å². The highest BCUT2D eigenvalue weighted by atomic mass is 16.2. The van der Waals surface area contributed by atoms with Crippen LogP contribution in [-0.4, -0.2) is 30.4 Å². The number of aromatic nitrogens is 1. The number of carbonyl (C=O) groups is 2. The summed E-state index contributed by atoms with van der Waals surface area (Å²) in [5, 5.41) is 6.33. The van der Waals surface area contributed by atoms with E-state index < -0.39 is 0 Å². The maximum atomic E-state index is 12.0. The van der Waals surface area contributed by atoms with E-state index in [1.165, 1.54) is 18.4 Å². The lowest BCUT2D eigenvalue weighted by Gasteiger charge is -2.02. The molecule has 3 N–H and O–H groups in total. The van der Waals surface area contributed by atoms with Crippen molar-refractivity contribution >= 4 is 23.2 Å². The third kappa shape index (κ3) is 2.66. The molecule has 1 fully saturated rings. The van der Waals surface area contributed by atoms with E-state index in [4.69, 9.17) is 0 Å². The number of benzene rings is 1. The number of H-pyrrole nitrogens is 1. The van der Waals surface area contributed by atoms with Gasteiger partial charge in [0.15, 0.2) is 0 Å². The van der Waals surface area contributed by atoms with Crippen molar-refractivity contribution in [3.63, 3.8) is 0 Å². The number of carbonyl (C=O) groups excluding carboxylic acids is 2. The standard InChI is InChI=1S/C15H17N3O2/c19-9-16-5-6-17-15(20)14-8-12-7-11(10-1-2-10)3-4-13(12)18-14/h3-4,7-10,18H,1-2,5-6H2,(H,16,19)(H,17,20). The van der Waals surface area contributed by atoms with Crippen LogP contribution in [0.3, 0.4) is 0 Å². The molecule has 1 aromatic heterocycles. The summed E-state index contributed by atoms with van der Waals surface area (Å²) < 4.78 is 0. The first-order valence-corrected chi connectivity index (χ1v) is 6.86. The van der Waals surface area contributed by atoms with Crippen molar-refractivity contribution in [3.8, 4) is 0 Å². The lowest BCUT2D eigenvalue weighted by Crippen LogP contribution is -2.31. The Morgan fingerprint density at radius 2 is 2.15 bits per heavy atom. The number of hydrogen-bond acceptors (Lipinski definition) is 2. The highest BCUT2D eigenvalue weighted by molar-refractivity contribution is 5.98. The monoisotopic (exact) mass is 271 g/mol. The van der Waals surface area contributed by atoms with Gasteiger partial charge in [-0.05, 0) is 42.5 Å². The average molecular weight is 271 g/mol. The minimum Gasteiger partial charge on any atom is -0.357 e. The highest BCUT2D eigenvalue weighted by Crippen LogP contribution is 2.40. The van der Waals surface area contributed by atoms with Crippen molar-refractivity contribution in [2.75, 3.05) is 13.1 Å². The van der Waals surface area contributed by atoms with Gasteiger partial charge in [-0.2, -0.15) is 0 Å². The van der Waals surface area contributed by atoms with Gasteiger partial charge in [0.25, 0.3) is 5.91 Å². The second-order valence-corrected chi connectivity index (χ2v) is 5.13. The van der Waals surface area contributed by atoms with E-state index in [0.717, 1.165) is 10.9 Å². The summed E-state index contributed by atoms with van der Waals surface area (Å²) in [5.74, 6) is 0.558. The van der Waals surface area contributed by atoms with Crippen LogP contribution in [0.25, 0.3) is 10.9 Å². The van der Waals surface area contributed by atoms with Crippen LogP contribution < -0.4 is 10.6 Å². The molecule has 0 unspecified atom stereocenters. The average Bonchev–Trinajstić information content (AvgIpc) is 3.22. The maximum absolute atomic E-state index is 12.0. The molecule has 1 heterocycles. The van der Waals surface area contributed by atoms with Crippen molar-refractivity contribution in [3.05, 3.63) is 35.5 Å². The number of fused-ring (bicyclic) bond motifs is 1. The Hall–Kier alpha value is -2.30. The molecule has 2 aromatic rings. The first kappa shape index (κ1) is 12.7. The number of aromatic amines is 1. The largest absolute Gasteiger partial charge is 0.357 e. The molecule has 1 aliphatic carbocycles. The topological polar surface area (TPSA) is 74.0 Å². The third-order valence-corrected chi connectivity index (χ3v) is 3.58. The Morgan fingerprint density at radius 1 is 1.30 bits per heavy atom. The number of rotatable bonds is 6. The third-order valence-electron chi connectivity index (χ3n) is 3.58. The molecule has 1 aromatic carbocycles. The van der Waals surface area contributed by atoms with E-state index in [-0.39, 0.29) is 5.91 Å². The summed E-state index contributed by atoms with van der Waals surface area (Å²) in [4.78, 5) is 25.2. The minimum atomic E-state index is -0.151. The second kappa shape index (κ2) is 5.36. The van der Waals surface area contributed by atoms with Crippen LogP contribution in [0.4, 0.5) is 0 Å². The van der Waals surface area contributed by atoms with E-state index >= 15 is 0 Å². The molecule has 5 heteroatoms. The zero-order valence-corrected chi connectivity index (χ0v) is 11.1. The van der Waals surface area contributed by atoms with E-state index in [1.807, 2.05) is 12.1 Å². The molecule has 5 nitrogen and oxygen atoms in total. The predicted molar refractivity (Wildman–Crippen MR) is 76.7 cm³/mol. The smallest absolute Gasteiger partial charge is 0.267 e. The molecule has 104 valence electrons. The fraction of sp³-hybridized carbons (Fsp3) is 0.333. The van der Waals surface area contributed by atoms with Crippen molar-refractivity contribution in [1.82, 2.24) is 15.6 Å². The zero-order valence-electron chi connectivity index (χ0n) is 11.1. The van der Waals surface area contributed by atoms with Crippen LogP contribution >= 0.6 is 0 Å². The van der Waals surface area contributed by atoms with Gasteiger partial charge in [0.2, 0.25) is 6.41 Å². The fourth-order valence-electron chi connectivity index (χ4n) is 2.35. The summed E-state index contributed by atoms with van der Waals surface area (Å²) in [6.07, 6.45) is 3.16.